The van der Waals surface area contributed by atoms with E-state index in [1.807, 2.05) is 33.8 Å². The Labute approximate surface area is 217 Å². The number of nitrogens with zero attached hydrogens (tertiary/aromatic N) is 1. The van der Waals surface area contributed by atoms with Crippen LogP contribution >= 0.6 is 24.8 Å². The highest BCUT2D eigenvalue weighted by molar-refractivity contribution is 7.89. The summed E-state index contributed by atoms with van der Waals surface area (Å²) in [6, 6.07) is 16.2. The van der Waals surface area contributed by atoms with Crippen molar-refractivity contribution >= 4 is 34.8 Å². The highest BCUT2D eigenvalue weighted by Crippen LogP contribution is 2.28. The Hall–Kier alpha value is -1.35. The topological polar surface area (TPSA) is 70.7 Å². The SMILES string of the molecule is CCN(CC)S(=O)(=O)c1ccc(OC(C)C)c(CN[C@@H]2CCCN[C@@H]2c2ccccc2)c1.Cl.Cl. The van der Waals surface area contributed by atoms with Crippen LogP contribution in [-0.2, 0) is 16.6 Å². The highest BCUT2D eigenvalue weighted by Gasteiger charge is 2.27. The van der Waals surface area contributed by atoms with Crippen LogP contribution in [0, 0.1) is 0 Å². The summed E-state index contributed by atoms with van der Waals surface area (Å²) in [6.07, 6.45) is 2.17. The fourth-order valence-electron chi connectivity index (χ4n) is 4.30. The molecule has 1 aliphatic rings. The van der Waals surface area contributed by atoms with Gasteiger partial charge in [0.05, 0.1) is 11.0 Å². The van der Waals surface area contributed by atoms with Gasteiger partial charge in [0.15, 0.2) is 0 Å². The van der Waals surface area contributed by atoms with Crippen molar-refractivity contribution in [1.82, 2.24) is 14.9 Å². The molecule has 0 radical (unpaired) electrons. The van der Waals surface area contributed by atoms with Crippen LogP contribution < -0.4 is 15.4 Å². The molecule has 192 valence electrons. The van der Waals surface area contributed by atoms with Crippen molar-refractivity contribution in [2.24, 2.45) is 0 Å². The molecule has 2 atom stereocenters. The molecule has 1 fully saturated rings. The van der Waals surface area contributed by atoms with E-state index in [0.29, 0.717) is 24.5 Å². The lowest BCUT2D eigenvalue weighted by Crippen LogP contribution is -2.45. The number of hydrogen-bond donors (Lipinski definition) is 2. The molecule has 0 spiro atoms. The zero-order valence-corrected chi connectivity index (χ0v) is 22.9. The van der Waals surface area contributed by atoms with E-state index in [1.54, 1.807) is 18.2 Å². The van der Waals surface area contributed by atoms with Gasteiger partial charge in [0.1, 0.15) is 5.75 Å². The van der Waals surface area contributed by atoms with Crippen molar-refractivity contribution in [3.8, 4) is 5.75 Å². The fourth-order valence-corrected chi connectivity index (χ4v) is 5.81. The molecule has 0 unspecified atom stereocenters. The minimum atomic E-state index is -3.53. The summed E-state index contributed by atoms with van der Waals surface area (Å²) >= 11 is 0. The number of sulfonamides is 1. The van der Waals surface area contributed by atoms with E-state index < -0.39 is 10.0 Å². The molecule has 0 saturated carbocycles. The normalized spacial score (nSPS) is 18.3. The smallest absolute Gasteiger partial charge is 0.243 e. The summed E-state index contributed by atoms with van der Waals surface area (Å²) < 4.78 is 33.7. The monoisotopic (exact) mass is 531 g/mol. The third-order valence-electron chi connectivity index (χ3n) is 5.91. The van der Waals surface area contributed by atoms with Crippen molar-refractivity contribution in [1.29, 1.82) is 0 Å². The summed E-state index contributed by atoms with van der Waals surface area (Å²) in [5, 5.41) is 7.32. The highest BCUT2D eigenvalue weighted by atomic mass is 35.5. The molecule has 2 aromatic carbocycles. The first kappa shape index (κ1) is 30.7. The van der Waals surface area contributed by atoms with Crippen molar-refractivity contribution in [3.63, 3.8) is 0 Å². The third-order valence-corrected chi connectivity index (χ3v) is 7.96. The number of ether oxygens (including phenoxy) is 1. The number of hydrogen-bond acceptors (Lipinski definition) is 5. The van der Waals surface area contributed by atoms with E-state index in [4.69, 9.17) is 4.74 Å². The van der Waals surface area contributed by atoms with Gasteiger partial charge in [-0.25, -0.2) is 8.42 Å². The average molecular weight is 533 g/mol. The van der Waals surface area contributed by atoms with E-state index in [0.717, 1.165) is 30.7 Å². The Morgan fingerprint density at radius 3 is 2.38 bits per heavy atom. The van der Waals surface area contributed by atoms with Crippen molar-refractivity contribution in [2.75, 3.05) is 19.6 Å². The predicted octanol–water partition coefficient (Wildman–Crippen LogP) is 4.93. The minimum Gasteiger partial charge on any atom is -0.491 e. The van der Waals surface area contributed by atoms with Gasteiger partial charge in [-0.3, -0.25) is 0 Å². The van der Waals surface area contributed by atoms with Gasteiger partial charge in [-0.1, -0.05) is 44.2 Å². The van der Waals surface area contributed by atoms with Gasteiger partial charge in [-0.05, 0) is 57.0 Å². The van der Waals surface area contributed by atoms with Crippen molar-refractivity contribution in [2.45, 2.75) is 70.2 Å². The van der Waals surface area contributed by atoms with Crippen LogP contribution in [0.4, 0.5) is 0 Å². The number of nitrogens with one attached hydrogen (secondary N) is 2. The van der Waals surface area contributed by atoms with E-state index in [2.05, 4.69) is 34.9 Å². The molecular weight excluding hydrogens is 493 g/mol. The minimum absolute atomic E-state index is 0. The number of piperidine rings is 1. The molecule has 1 heterocycles. The molecular formula is C25H39Cl2N3O3S. The maximum absolute atomic E-state index is 13.1. The van der Waals surface area contributed by atoms with Crippen molar-refractivity contribution in [3.05, 3.63) is 59.7 Å². The largest absolute Gasteiger partial charge is 0.491 e. The van der Waals surface area contributed by atoms with Crippen LogP contribution in [0.3, 0.4) is 0 Å². The van der Waals surface area contributed by atoms with E-state index in [9.17, 15) is 8.42 Å². The van der Waals surface area contributed by atoms with Gasteiger partial charge in [-0.15, -0.1) is 24.8 Å². The molecule has 2 aromatic rings. The van der Waals surface area contributed by atoms with Gasteiger partial charge in [0.25, 0.3) is 0 Å². The molecule has 0 amide bonds. The van der Waals surface area contributed by atoms with Gasteiger partial charge >= 0.3 is 0 Å². The molecule has 1 saturated heterocycles. The average Bonchev–Trinajstić information content (AvgIpc) is 2.79. The maximum Gasteiger partial charge on any atom is 0.243 e. The van der Waals surface area contributed by atoms with Crippen LogP contribution in [-0.4, -0.2) is 44.5 Å². The second-order valence-electron chi connectivity index (χ2n) is 8.50. The second-order valence-corrected chi connectivity index (χ2v) is 10.4. The number of benzene rings is 2. The van der Waals surface area contributed by atoms with Crippen LogP contribution in [0.5, 0.6) is 5.75 Å². The van der Waals surface area contributed by atoms with Gasteiger partial charge in [0.2, 0.25) is 10.0 Å². The summed E-state index contributed by atoms with van der Waals surface area (Å²) in [7, 11) is -3.53. The van der Waals surface area contributed by atoms with Crippen molar-refractivity contribution < 1.29 is 13.2 Å². The third kappa shape index (κ3) is 7.57. The lowest BCUT2D eigenvalue weighted by molar-refractivity contribution is 0.237. The van der Waals surface area contributed by atoms with Gasteiger partial charge in [0, 0.05) is 37.3 Å². The first-order valence-electron chi connectivity index (χ1n) is 11.7. The number of halogens is 2. The zero-order valence-electron chi connectivity index (χ0n) is 20.5. The predicted molar refractivity (Wildman–Crippen MR) is 144 cm³/mol. The van der Waals surface area contributed by atoms with Gasteiger partial charge < -0.3 is 15.4 Å². The van der Waals surface area contributed by atoms with Crippen LogP contribution in [0.15, 0.2) is 53.4 Å². The Morgan fingerprint density at radius 2 is 1.76 bits per heavy atom. The van der Waals surface area contributed by atoms with E-state index >= 15 is 0 Å². The Balaban J connectivity index is 0.00000289. The Morgan fingerprint density at radius 1 is 1.09 bits per heavy atom. The molecule has 6 nitrogen and oxygen atoms in total. The Kier molecular flexibility index (Phi) is 12.9. The molecule has 0 aliphatic carbocycles. The summed E-state index contributed by atoms with van der Waals surface area (Å²) in [5.74, 6) is 0.728. The molecule has 0 bridgehead atoms. The molecule has 0 aromatic heterocycles. The first-order chi connectivity index (χ1) is 15.4. The lowest BCUT2D eigenvalue weighted by atomic mass is 9.92. The van der Waals surface area contributed by atoms with Crippen LogP contribution in [0.1, 0.15) is 57.7 Å². The first-order valence-corrected chi connectivity index (χ1v) is 13.1. The maximum atomic E-state index is 13.1. The molecule has 9 heteroatoms. The van der Waals surface area contributed by atoms with Crippen LogP contribution in [0.25, 0.3) is 0 Å². The fraction of sp³-hybridized carbons (Fsp3) is 0.520. The molecule has 34 heavy (non-hydrogen) atoms. The molecule has 1 aliphatic heterocycles. The molecule has 2 N–H and O–H groups in total. The number of rotatable bonds is 10. The quantitative estimate of drug-likeness (QED) is 0.454. The standard InChI is InChI=1S/C25H37N3O3S.2ClH/c1-5-28(6-2)32(29,30)22-14-15-24(31-19(3)4)21(17-22)18-27-23-13-10-16-26-25(23)20-11-8-7-9-12-20;;/h7-9,11-12,14-15,17,19,23,25-27H,5-6,10,13,16,18H2,1-4H3;2*1H/t23-,25-;;/m1../s1. The lowest BCUT2D eigenvalue weighted by Gasteiger charge is -2.34. The van der Waals surface area contributed by atoms with E-state index in [-0.39, 0.29) is 43.0 Å². The summed E-state index contributed by atoms with van der Waals surface area (Å²) in [6.45, 7) is 10.1. The zero-order chi connectivity index (χ0) is 23.1. The second kappa shape index (κ2) is 14.3. The molecule has 3 rings (SSSR count). The van der Waals surface area contributed by atoms with Gasteiger partial charge in [-0.2, -0.15) is 4.31 Å². The Bertz CT molecular complexity index is 971. The summed E-state index contributed by atoms with van der Waals surface area (Å²) in [4.78, 5) is 0.315. The van der Waals surface area contributed by atoms with Crippen LogP contribution in [0.2, 0.25) is 0 Å². The van der Waals surface area contributed by atoms with E-state index in [1.165, 1.54) is 9.87 Å². The summed E-state index contributed by atoms with van der Waals surface area (Å²) in [5.41, 5.74) is 2.13.